The van der Waals surface area contributed by atoms with E-state index in [9.17, 15) is 0 Å². The molecule has 0 aliphatic rings. The first-order valence-electron chi connectivity index (χ1n) is 13.0. The van der Waals surface area contributed by atoms with Crippen molar-refractivity contribution in [1.82, 2.24) is 0 Å². The molecule has 39 heavy (non-hydrogen) atoms. The van der Waals surface area contributed by atoms with E-state index in [2.05, 4.69) is 119 Å². The third-order valence-corrected chi connectivity index (χ3v) is 6.49. The molecule has 0 aliphatic heterocycles. The predicted molar refractivity (Wildman–Crippen MR) is 162 cm³/mol. The number of para-hydroxylation sites is 8. The number of hydrogen-bond acceptors (Lipinski definition) is 3. The van der Waals surface area contributed by atoms with Crippen molar-refractivity contribution in [3.05, 3.63) is 170 Å². The summed E-state index contributed by atoms with van der Waals surface area (Å²) < 4.78 is 6.81. The highest BCUT2D eigenvalue weighted by Gasteiger charge is 2.20. The maximum absolute atomic E-state index is 6.81. The Morgan fingerprint density at radius 1 is 0.282 bits per heavy atom. The summed E-state index contributed by atoms with van der Waals surface area (Å²) in [5.74, 6) is 1.53. The molecular formula is C36H28N2O. The molecule has 6 aromatic carbocycles. The van der Waals surface area contributed by atoms with Crippen LogP contribution in [0.5, 0.6) is 11.5 Å². The van der Waals surface area contributed by atoms with Gasteiger partial charge in [-0.1, -0.05) is 97.1 Å². The molecule has 0 N–H and O–H groups in total. The van der Waals surface area contributed by atoms with Crippen molar-refractivity contribution in [2.75, 3.05) is 9.80 Å². The maximum Gasteiger partial charge on any atom is 0.151 e. The lowest BCUT2D eigenvalue weighted by molar-refractivity contribution is 0.485. The van der Waals surface area contributed by atoms with Crippen LogP contribution in [0.4, 0.5) is 34.1 Å². The Kier molecular flexibility index (Phi) is 7.04. The summed E-state index contributed by atoms with van der Waals surface area (Å²) in [4.78, 5) is 4.45. The molecular weight excluding hydrogens is 476 g/mol. The van der Waals surface area contributed by atoms with Crippen LogP contribution in [0.1, 0.15) is 0 Å². The van der Waals surface area contributed by atoms with E-state index in [1.165, 1.54) is 0 Å². The van der Waals surface area contributed by atoms with Gasteiger partial charge in [0.05, 0.1) is 11.4 Å². The maximum atomic E-state index is 6.81. The summed E-state index contributed by atoms with van der Waals surface area (Å²) in [7, 11) is 0. The molecule has 188 valence electrons. The minimum atomic E-state index is 0.763. The highest BCUT2D eigenvalue weighted by molar-refractivity contribution is 5.83. The van der Waals surface area contributed by atoms with Crippen LogP contribution >= 0.6 is 0 Å². The van der Waals surface area contributed by atoms with Gasteiger partial charge in [0.2, 0.25) is 0 Å². The second-order valence-electron chi connectivity index (χ2n) is 9.05. The number of benzene rings is 6. The van der Waals surface area contributed by atoms with Gasteiger partial charge < -0.3 is 14.5 Å². The van der Waals surface area contributed by atoms with E-state index in [4.69, 9.17) is 4.74 Å². The lowest BCUT2D eigenvalue weighted by atomic mass is 10.1. The Morgan fingerprint density at radius 3 is 0.846 bits per heavy atom. The van der Waals surface area contributed by atoms with E-state index in [0.717, 1.165) is 45.6 Å². The third-order valence-electron chi connectivity index (χ3n) is 6.49. The normalized spacial score (nSPS) is 10.6. The van der Waals surface area contributed by atoms with Gasteiger partial charge in [-0.15, -0.1) is 0 Å². The molecule has 0 saturated carbocycles. The average molecular weight is 505 g/mol. The third kappa shape index (κ3) is 5.25. The summed E-state index contributed by atoms with van der Waals surface area (Å²) in [5.41, 5.74) is 6.14. The fourth-order valence-electron chi connectivity index (χ4n) is 4.74. The van der Waals surface area contributed by atoms with Crippen molar-refractivity contribution < 1.29 is 4.74 Å². The summed E-state index contributed by atoms with van der Waals surface area (Å²) in [5, 5.41) is 0. The number of ether oxygens (including phenoxy) is 1. The van der Waals surface area contributed by atoms with Crippen molar-refractivity contribution in [2.24, 2.45) is 0 Å². The molecule has 0 amide bonds. The van der Waals surface area contributed by atoms with Crippen molar-refractivity contribution in [2.45, 2.75) is 0 Å². The average Bonchev–Trinajstić information content (AvgIpc) is 3.01. The highest BCUT2D eigenvalue weighted by Crippen LogP contribution is 2.45. The molecule has 0 unspecified atom stereocenters. The van der Waals surface area contributed by atoms with E-state index >= 15 is 0 Å². The Labute approximate surface area is 229 Å². The first kappa shape index (κ1) is 24.1. The minimum absolute atomic E-state index is 0.763. The molecule has 0 saturated heterocycles. The molecule has 0 aromatic heterocycles. The van der Waals surface area contributed by atoms with E-state index in [1.807, 2.05) is 60.7 Å². The standard InChI is InChI=1S/C36H28N2O/c1-5-17-29(18-6-1)37(30-19-7-2-8-20-30)33-25-13-15-27-35(33)39-36-28-16-14-26-34(36)38(31-21-9-3-10-22-31)32-23-11-4-12-24-32/h1-28H. The fourth-order valence-corrected chi connectivity index (χ4v) is 4.74. The quantitative estimate of drug-likeness (QED) is 0.205. The van der Waals surface area contributed by atoms with Gasteiger partial charge in [-0.3, -0.25) is 0 Å². The second kappa shape index (κ2) is 11.4. The SMILES string of the molecule is c1ccc(N(c2ccccc2)c2ccccc2Oc2ccccc2N(c2ccccc2)c2ccccc2)cc1. The molecule has 0 fully saturated rings. The Balaban J connectivity index is 1.46. The predicted octanol–water partition coefficient (Wildman–Crippen LogP) is 10.4. The van der Waals surface area contributed by atoms with Crippen LogP contribution in [0.3, 0.4) is 0 Å². The molecule has 0 heterocycles. The number of rotatable bonds is 8. The Morgan fingerprint density at radius 2 is 0.538 bits per heavy atom. The first-order valence-corrected chi connectivity index (χ1v) is 13.0. The van der Waals surface area contributed by atoms with Crippen LogP contribution < -0.4 is 14.5 Å². The van der Waals surface area contributed by atoms with Crippen molar-refractivity contribution in [3.8, 4) is 11.5 Å². The lowest BCUT2D eigenvalue weighted by Crippen LogP contribution is -2.12. The van der Waals surface area contributed by atoms with Gasteiger partial charge in [0.15, 0.2) is 11.5 Å². The van der Waals surface area contributed by atoms with Gasteiger partial charge in [-0.25, -0.2) is 0 Å². The Bertz CT molecular complexity index is 1420. The van der Waals surface area contributed by atoms with Gasteiger partial charge in [0.25, 0.3) is 0 Å². The molecule has 0 spiro atoms. The molecule has 0 bridgehead atoms. The van der Waals surface area contributed by atoms with Crippen LogP contribution in [0, 0.1) is 0 Å². The zero-order chi connectivity index (χ0) is 26.3. The monoisotopic (exact) mass is 504 g/mol. The van der Waals surface area contributed by atoms with E-state index in [0.29, 0.717) is 0 Å². The minimum Gasteiger partial charge on any atom is -0.453 e. The number of anilines is 6. The lowest BCUT2D eigenvalue weighted by Gasteiger charge is -2.29. The molecule has 0 radical (unpaired) electrons. The fraction of sp³-hybridized carbons (Fsp3) is 0. The number of hydrogen-bond donors (Lipinski definition) is 0. The van der Waals surface area contributed by atoms with Gasteiger partial charge >= 0.3 is 0 Å². The van der Waals surface area contributed by atoms with Gasteiger partial charge in [0.1, 0.15) is 0 Å². The van der Waals surface area contributed by atoms with E-state index in [1.54, 1.807) is 0 Å². The molecule has 6 rings (SSSR count). The van der Waals surface area contributed by atoms with Crippen LogP contribution in [0.15, 0.2) is 170 Å². The van der Waals surface area contributed by atoms with Crippen LogP contribution in [-0.4, -0.2) is 0 Å². The van der Waals surface area contributed by atoms with Crippen LogP contribution in [0.25, 0.3) is 0 Å². The van der Waals surface area contributed by atoms with E-state index < -0.39 is 0 Å². The van der Waals surface area contributed by atoms with Crippen molar-refractivity contribution in [1.29, 1.82) is 0 Å². The summed E-state index contributed by atoms with van der Waals surface area (Å²) >= 11 is 0. The zero-order valence-corrected chi connectivity index (χ0v) is 21.5. The molecule has 0 atom stereocenters. The first-order chi connectivity index (χ1) is 19.4. The summed E-state index contributed by atoms with van der Waals surface area (Å²) in [6, 6.07) is 57.9. The van der Waals surface area contributed by atoms with Gasteiger partial charge in [-0.05, 0) is 72.8 Å². The second-order valence-corrected chi connectivity index (χ2v) is 9.05. The zero-order valence-electron chi connectivity index (χ0n) is 21.5. The summed E-state index contributed by atoms with van der Waals surface area (Å²) in [6.07, 6.45) is 0. The van der Waals surface area contributed by atoms with Gasteiger partial charge in [-0.2, -0.15) is 0 Å². The van der Waals surface area contributed by atoms with Crippen LogP contribution in [0.2, 0.25) is 0 Å². The van der Waals surface area contributed by atoms with Gasteiger partial charge in [0, 0.05) is 22.7 Å². The van der Waals surface area contributed by atoms with Crippen molar-refractivity contribution in [3.63, 3.8) is 0 Å². The number of nitrogens with zero attached hydrogens (tertiary/aromatic N) is 2. The molecule has 3 heteroatoms. The summed E-state index contributed by atoms with van der Waals surface area (Å²) in [6.45, 7) is 0. The smallest absolute Gasteiger partial charge is 0.151 e. The molecule has 0 aliphatic carbocycles. The molecule has 6 aromatic rings. The van der Waals surface area contributed by atoms with Crippen molar-refractivity contribution >= 4 is 34.1 Å². The molecule has 3 nitrogen and oxygen atoms in total. The van der Waals surface area contributed by atoms with E-state index in [-0.39, 0.29) is 0 Å². The Hall–Kier alpha value is -5.28. The van der Waals surface area contributed by atoms with Crippen LogP contribution in [-0.2, 0) is 0 Å². The highest BCUT2D eigenvalue weighted by atomic mass is 16.5. The largest absolute Gasteiger partial charge is 0.453 e. The topological polar surface area (TPSA) is 15.7 Å².